The predicted octanol–water partition coefficient (Wildman–Crippen LogP) is 5.36. The third-order valence-corrected chi connectivity index (χ3v) is 6.77. The zero-order valence-corrected chi connectivity index (χ0v) is 20.8. The topological polar surface area (TPSA) is 44.8 Å². The van der Waals surface area contributed by atoms with Crippen molar-refractivity contribution >= 4 is 11.6 Å². The molecule has 1 aliphatic rings. The van der Waals surface area contributed by atoms with Gasteiger partial charge in [0, 0.05) is 44.8 Å². The molecule has 1 N–H and O–H groups in total. The summed E-state index contributed by atoms with van der Waals surface area (Å²) in [5.74, 6) is 1.04. The Labute approximate surface area is 209 Å². The van der Waals surface area contributed by atoms with Crippen LogP contribution in [0.15, 0.2) is 78.9 Å². The number of benzene rings is 3. The Hall–Kier alpha value is -3.31. The number of unbranched alkanes of at least 4 members (excludes halogenated alkanes) is 2. The highest BCUT2D eigenvalue weighted by Gasteiger charge is 2.17. The van der Waals surface area contributed by atoms with Crippen molar-refractivity contribution in [1.29, 1.82) is 0 Å². The fourth-order valence-corrected chi connectivity index (χ4v) is 4.68. The fraction of sp³-hybridized carbons (Fsp3) is 0.367. The van der Waals surface area contributed by atoms with Gasteiger partial charge in [0.2, 0.25) is 5.91 Å². The fourth-order valence-electron chi connectivity index (χ4n) is 4.68. The average Bonchev–Trinajstić information content (AvgIpc) is 2.93. The maximum atomic E-state index is 12.4. The second kappa shape index (κ2) is 13.0. The van der Waals surface area contributed by atoms with Crippen LogP contribution in [-0.4, -0.2) is 50.6 Å². The number of carbonyl (C=O) groups is 1. The van der Waals surface area contributed by atoms with Gasteiger partial charge in [-0.1, -0.05) is 61.0 Å². The molecule has 0 spiro atoms. The van der Waals surface area contributed by atoms with Gasteiger partial charge in [0.25, 0.3) is 0 Å². The van der Waals surface area contributed by atoms with Crippen molar-refractivity contribution in [2.45, 2.75) is 32.2 Å². The van der Waals surface area contributed by atoms with Gasteiger partial charge in [0.05, 0.1) is 7.11 Å². The molecule has 1 aliphatic heterocycles. The van der Waals surface area contributed by atoms with E-state index in [0.717, 1.165) is 63.3 Å². The first-order chi connectivity index (χ1) is 17.2. The molecule has 0 bridgehead atoms. The number of anilines is 1. The lowest BCUT2D eigenvalue weighted by Crippen LogP contribution is -2.46. The molecule has 1 heterocycles. The van der Waals surface area contributed by atoms with Gasteiger partial charge >= 0.3 is 0 Å². The van der Waals surface area contributed by atoms with Gasteiger partial charge in [-0.05, 0) is 60.3 Å². The lowest BCUT2D eigenvalue weighted by molar-refractivity contribution is -0.121. The molecule has 35 heavy (non-hydrogen) atoms. The van der Waals surface area contributed by atoms with Gasteiger partial charge in [-0.2, -0.15) is 0 Å². The Bertz CT molecular complexity index is 1040. The van der Waals surface area contributed by atoms with Crippen LogP contribution >= 0.6 is 0 Å². The van der Waals surface area contributed by atoms with Gasteiger partial charge in [-0.25, -0.2) is 0 Å². The Balaban J connectivity index is 1.10. The maximum absolute atomic E-state index is 12.4. The molecule has 0 radical (unpaired) electrons. The minimum absolute atomic E-state index is 0.140. The molecule has 1 fully saturated rings. The molecule has 3 aromatic rings. The number of ether oxygens (including phenoxy) is 1. The number of amides is 1. The summed E-state index contributed by atoms with van der Waals surface area (Å²) in [6.07, 6.45) is 3.77. The summed E-state index contributed by atoms with van der Waals surface area (Å²) in [6, 6.07) is 27.0. The van der Waals surface area contributed by atoms with Crippen molar-refractivity contribution in [2.24, 2.45) is 0 Å². The molecule has 0 aliphatic carbocycles. The number of nitrogens with one attached hydrogen (secondary N) is 1. The van der Waals surface area contributed by atoms with Gasteiger partial charge in [-0.15, -0.1) is 0 Å². The van der Waals surface area contributed by atoms with E-state index in [4.69, 9.17) is 4.74 Å². The molecule has 0 saturated carbocycles. The molecular weight excluding hydrogens is 434 g/mol. The van der Waals surface area contributed by atoms with Crippen molar-refractivity contribution in [2.75, 3.05) is 44.7 Å². The van der Waals surface area contributed by atoms with Crippen LogP contribution in [0.1, 0.15) is 31.2 Å². The molecule has 1 amide bonds. The minimum Gasteiger partial charge on any atom is -0.497 e. The number of nitrogens with zero attached hydrogens (tertiary/aromatic N) is 2. The molecular formula is C30H37N3O2. The van der Waals surface area contributed by atoms with E-state index in [9.17, 15) is 4.79 Å². The van der Waals surface area contributed by atoms with Crippen LogP contribution in [0.5, 0.6) is 5.75 Å². The summed E-state index contributed by atoms with van der Waals surface area (Å²) in [5.41, 5.74) is 4.78. The number of hydrogen-bond acceptors (Lipinski definition) is 4. The van der Waals surface area contributed by atoms with Crippen LogP contribution in [0.3, 0.4) is 0 Å². The number of rotatable bonds is 11. The summed E-state index contributed by atoms with van der Waals surface area (Å²) in [4.78, 5) is 17.4. The highest BCUT2D eigenvalue weighted by Crippen LogP contribution is 2.23. The SMILES string of the molecule is COc1ccc(N2CCN(CCCCCC(=O)NCc3ccccc3-c3ccccc3)CC2)cc1. The molecule has 1 saturated heterocycles. The summed E-state index contributed by atoms with van der Waals surface area (Å²) < 4.78 is 5.26. The highest BCUT2D eigenvalue weighted by molar-refractivity contribution is 5.76. The highest BCUT2D eigenvalue weighted by atomic mass is 16.5. The van der Waals surface area contributed by atoms with E-state index in [1.807, 2.05) is 42.5 Å². The molecule has 0 aromatic heterocycles. The first-order valence-electron chi connectivity index (χ1n) is 12.7. The first kappa shape index (κ1) is 24.8. The largest absolute Gasteiger partial charge is 0.497 e. The summed E-state index contributed by atoms with van der Waals surface area (Å²) in [5, 5.41) is 3.11. The Kier molecular flexibility index (Phi) is 9.18. The van der Waals surface area contributed by atoms with Crippen molar-refractivity contribution in [3.8, 4) is 16.9 Å². The molecule has 0 atom stereocenters. The van der Waals surface area contributed by atoms with E-state index in [2.05, 4.69) is 51.5 Å². The number of methoxy groups -OCH3 is 1. The standard InChI is InChI=1S/C30H37N3O2/c1-35-28-17-15-27(16-18-28)33-22-20-32(21-23-33)19-9-3-6-14-30(34)31-24-26-12-7-8-13-29(26)25-10-4-2-5-11-25/h2,4-5,7-8,10-13,15-18H,3,6,9,14,19-24H2,1H3,(H,31,34). The lowest BCUT2D eigenvalue weighted by atomic mass is 10.00. The van der Waals surface area contributed by atoms with Gasteiger partial charge in [-0.3, -0.25) is 9.69 Å². The number of hydrogen-bond donors (Lipinski definition) is 1. The van der Waals surface area contributed by atoms with E-state index >= 15 is 0 Å². The molecule has 5 heteroatoms. The van der Waals surface area contributed by atoms with Crippen LogP contribution in [0.4, 0.5) is 5.69 Å². The second-order valence-corrected chi connectivity index (χ2v) is 9.14. The van der Waals surface area contributed by atoms with Crippen molar-refractivity contribution in [1.82, 2.24) is 10.2 Å². The third-order valence-electron chi connectivity index (χ3n) is 6.77. The molecule has 4 rings (SSSR count). The predicted molar refractivity (Wildman–Crippen MR) is 144 cm³/mol. The van der Waals surface area contributed by atoms with E-state index in [-0.39, 0.29) is 5.91 Å². The van der Waals surface area contributed by atoms with E-state index in [0.29, 0.717) is 13.0 Å². The van der Waals surface area contributed by atoms with Gasteiger partial charge < -0.3 is 15.0 Å². The van der Waals surface area contributed by atoms with E-state index < -0.39 is 0 Å². The smallest absolute Gasteiger partial charge is 0.220 e. The number of piperazine rings is 1. The van der Waals surface area contributed by atoms with Crippen molar-refractivity contribution in [3.63, 3.8) is 0 Å². The quantitative estimate of drug-likeness (QED) is 0.382. The zero-order chi connectivity index (χ0) is 24.3. The van der Waals surface area contributed by atoms with Gasteiger partial charge in [0.1, 0.15) is 5.75 Å². The van der Waals surface area contributed by atoms with E-state index in [1.54, 1.807) is 7.11 Å². The van der Waals surface area contributed by atoms with Crippen LogP contribution in [0.2, 0.25) is 0 Å². The van der Waals surface area contributed by atoms with E-state index in [1.165, 1.54) is 16.8 Å². The average molecular weight is 472 g/mol. The Morgan fingerprint density at radius 2 is 1.54 bits per heavy atom. The summed E-state index contributed by atoms with van der Waals surface area (Å²) >= 11 is 0. The van der Waals surface area contributed by atoms with Gasteiger partial charge in [0.15, 0.2) is 0 Å². The van der Waals surface area contributed by atoms with Crippen LogP contribution in [0, 0.1) is 0 Å². The first-order valence-corrected chi connectivity index (χ1v) is 12.7. The maximum Gasteiger partial charge on any atom is 0.220 e. The minimum atomic E-state index is 0.140. The third kappa shape index (κ3) is 7.33. The molecule has 5 nitrogen and oxygen atoms in total. The Morgan fingerprint density at radius 1 is 0.829 bits per heavy atom. The van der Waals surface area contributed by atoms with Crippen molar-refractivity contribution in [3.05, 3.63) is 84.4 Å². The zero-order valence-electron chi connectivity index (χ0n) is 20.8. The van der Waals surface area contributed by atoms with Crippen LogP contribution < -0.4 is 15.0 Å². The van der Waals surface area contributed by atoms with Crippen molar-refractivity contribution < 1.29 is 9.53 Å². The number of carbonyl (C=O) groups excluding carboxylic acids is 1. The normalized spacial score (nSPS) is 14.0. The summed E-state index contributed by atoms with van der Waals surface area (Å²) in [6.45, 7) is 5.98. The van der Waals surface area contributed by atoms with Crippen LogP contribution in [-0.2, 0) is 11.3 Å². The summed E-state index contributed by atoms with van der Waals surface area (Å²) in [7, 11) is 1.70. The second-order valence-electron chi connectivity index (χ2n) is 9.14. The Morgan fingerprint density at radius 3 is 2.29 bits per heavy atom. The molecule has 3 aromatic carbocycles. The molecule has 0 unspecified atom stereocenters. The van der Waals surface area contributed by atoms with Crippen LogP contribution in [0.25, 0.3) is 11.1 Å². The molecule has 184 valence electrons. The lowest BCUT2D eigenvalue weighted by Gasteiger charge is -2.36. The monoisotopic (exact) mass is 471 g/mol.